The number of carboxylic acid groups (broad SMARTS) is 1. The number of amides is 1. The molecule has 2 atom stereocenters. The molecule has 5 heteroatoms. The molecule has 1 N–H and O–H groups in total. The lowest BCUT2D eigenvalue weighted by molar-refractivity contribution is -0.162. The van der Waals surface area contributed by atoms with E-state index in [2.05, 4.69) is 0 Å². The van der Waals surface area contributed by atoms with Gasteiger partial charge in [-0.25, -0.2) is 4.79 Å². The van der Waals surface area contributed by atoms with E-state index in [1.807, 2.05) is 0 Å². The van der Waals surface area contributed by atoms with E-state index in [9.17, 15) is 14.7 Å². The minimum absolute atomic E-state index is 0.225. The maximum atomic E-state index is 11.4. The van der Waals surface area contributed by atoms with Gasteiger partial charge in [0, 0.05) is 26.5 Å². The zero-order valence-electron chi connectivity index (χ0n) is 9.32. The number of hydrogen-bond acceptors (Lipinski definition) is 3. The van der Waals surface area contributed by atoms with Gasteiger partial charge in [0.2, 0.25) is 5.91 Å². The first-order valence-corrected chi connectivity index (χ1v) is 5.10. The topological polar surface area (TPSA) is 66.8 Å². The summed E-state index contributed by atoms with van der Waals surface area (Å²) in [4.78, 5) is 24.2. The molecule has 1 saturated heterocycles. The highest BCUT2D eigenvalue weighted by Crippen LogP contribution is 2.32. The van der Waals surface area contributed by atoms with Gasteiger partial charge in [-0.15, -0.1) is 0 Å². The highest BCUT2D eigenvalue weighted by molar-refractivity contribution is 5.87. The Morgan fingerprint density at radius 1 is 1.60 bits per heavy atom. The third-order valence-electron chi connectivity index (χ3n) is 3.07. The van der Waals surface area contributed by atoms with E-state index in [1.54, 1.807) is 13.8 Å². The predicted octanol–water partition coefficient (Wildman–Crippen LogP) is 0.487. The van der Waals surface area contributed by atoms with Crippen molar-refractivity contribution in [1.82, 2.24) is 4.90 Å². The number of aliphatic carboxylic acids is 1. The Morgan fingerprint density at radius 3 is 2.47 bits per heavy atom. The van der Waals surface area contributed by atoms with Gasteiger partial charge in [-0.3, -0.25) is 4.79 Å². The number of nitrogens with zero attached hydrogens (tertiary/aromatic N) is 1. The van der Waals surface area contributed by atoms with Crippen LogP contribution in [0.5, 0.6) is 0 Å². The SMILES string of the molecule is CCN(C(C)=O)C1(C(=O)O)CCOC1C. The van der Waals surface area contributed by atoms with Crippen molar-refractivity contribution in [3.63, 3.8) is 0 Å². The minimum Gasteiger partial charge on any atom is -0.479 e. The number of ether oxygens (including phenoxy) is 1. The lowest BCUT2D eigenvalue weighted by Crippen LogP contribution is -2.60. The van der Waals surface area contributed by atoms with E-state index in [0.717, 1.165) is 0 Å². The molecular weight excluding hydrogens is 198 g/mol. The van der Waals surface area contributed by atoms with Crippen molar-refractivity contribution in [3.05, 3.63) is 0 Å². The quantitative estimate of drug-likeness (QED) is 0.744. The van der Waals surface area contributed by atoms with Crippen molar-refractivity contribution >= 4 is 11.9 Å². The van der Waals surface area contributed by atoms with E-state index in [0.29, 0.717) is 19.6 Å². The summed E-state index contributed by atoms with van der Waals surface area (Å²) < 4.78 is 5.29. The van der Waals surface area contributed by atoms with Gasteiger partial charge in [-0.05, 0) is 13.8 Å². The fourth-order valence-corrected chi connectivity index (χ4v) is 2.27. The highest BCUT2D eigenvalue weighted by atomic mass is 16.5. The lowest BCUT2D eigenvalue weighted by atomic mass is 9.89. The molecule has 0 saturated carbocycles. The Hall–Kier alpha value is -1.10. The fourth-order valence-electron chi connectivity index (χ4n) is 2.27. The second kappa shape index (κ2) is 4.18. The molecular formula is C10H17NO4. The Kier molecular flexibility index (Phi) is 3.34. The maximum absolute atomic E-state index is 11.4. The largest absolute Gasteiger partial charge is 0.479 e. The van der Waals surface area contributed by atoms with Gasteiger partial charge in [-0.2, -0.15) is 0 Å². The molecule has 1 aliphatic heterocycles. The molecule has 0 spiro atoms. The van der Waals surface area contributed by atoms with Crippen LogP contribution in [0.15, 0.2) is 0 Å². The number of likely N-dealkylation sites (N-methyl/N-ethyl adjacent to an activating group) is 1. The van der Waals surface area contributed by atoms with Crippen molar-refractivity contribution in [2.24, 2.45) is 0 Å². The van der Waals surface area contributed by atoms with E-state index in [4.69, 9.17) is 4.74 Å². The van der Waals surface area contributed by atoms with Gasteiger partial charge < -0.3 is 14.7 Å². The standard InChI is InChI=1S/C10H17NO4/c1-4-11(8(3)12)10(9(13)14)5-6-15-7(10)2/h7H,4-6H2,1-3H3,(H,13,14). The molecule has 0 radical (unpaired) electrons. The highest BCUT2D eigenvalue weighted by Gasteiger charge is 2.53. The molecule has 86 valence electrons. The van der Waals surface area contributed by atoms with Crippen LogP contribution in [0.2, 0.25) is 0 Å². The summed E-state index contributed by atoms with van der Waals surface area (Å²) in [6.45, 7) is 5.63. The van der Waals surface area contributed by atoms with Crippen LogP contribution < -0.4 is 0 Å². The van der Waals surface area contributed by atoms with E-state index < -0.39 is 17.6 Å². The molecule has 1 aliphatic rings. The molecule has 2 unspecified atom stereocenters. The summed E-state index contributed by atoms with van der Waals surface area (Å²) in [6, 6.07) is 0. The predicted molar refractivity (Wildman–Crippen MR) is 53.5 cm³/mol. The van der Waals surface area contributed by atoms with Crippen LogP contribution in [0, 0.1) is 0 Å². The Bertz CT molecular complexity index is 279. The van der Waals surface area contributed by atoms with Crippen LogP contribution in [-0.4, -0.2) is 46.7 Å². The van der Waals surface area contributed by atoms with Crippen molar-refractivity contribution in [2.45, 2.75) is 38.8 Å². The molecule has 0 bridgehead atoms. The Morgan fingerprint density at radius 2 is 2.20 bits per heavy atom. The molecule has 0 aromatic carbocycles. The van der Waals surface area contributed by atoms with Gasteiger partial charge in [-0.1, -0.05) is 0 Å². The van der Waals surface area contributed by atoms with Crippen LogP contribution in [0.3, 0.4) is 0 Å². The van der Waals surface area contributed by atoms with E-state index in [1.165, 1.54) is 11.8 Å². The molecule has 15 heavy (non-hydrogen) atoms. The zero-order chi connectivity index (χ0) is 11.6. The third-order valence-corrected chi connectivity index (χ3v) is 3.07. The first-order valence-electron chi connectivity index (χ1n) is 5.10. The van der Waals surface area contributed by atoms with E-state index in [-0.39, 0.29) is 5.91 Å². The second-order valence-electron chi connectivity index (χ2n) is 3.76. The molecule has 1 amide bonds. The van der Waals surface area contributed by atoms with Gasteiger partial charge in [0.1, 0.15) is 0 Å². The molecule has 1 heterocycles. The Labute approximate surface area is 89.0 Å². The van der Waals surface area contributed by atoms with Gasteiger partial charge in [0.05, 0.1) is 6.10 Å². The molecule has 0 aliphatic carbocycles. The van der Waals surface area contributed by atoms with Gasteiger partial charge >= 0.3 is 5.97 Å². The number of carbonyl (C=O) groups is 2. The van der Waals surface area contributed by atoms with Crippen LogP contribution >= 0.6 is 0 Å². The summed E-state index contributed by atoms with van der Waals surface area (Å²) in [5.74, 6) is -1.21. The zero-order valence-corrected chi connectivity index (χ0v) is 9.32. The van der Waals surface area contributed by atoms with Crippen molar-refractivity contribution in [2.75, 3.05) is 13.2 Å². The van der Waals surface area contributed by atoms with Gasteiger partial charge in [0.25, 0.3) is 0 Å². The fraction of sp³-hybridized carbons (Fsp3) is 0.800. The third kappa shape index (κ3) is 1.71. The first kappa shape index (κ1) is 12.0. The summed E-state index contributed by atoms with van der Waals surface area (Å²) in [6.07, 6.45) is -0.101. The summed E-state index contributed by atoms with van der Waals surface area (Å²) in [7, 11) is 0. The number of carboxylic acids is 1. The average Bonchev–Trinajstić information content (AvgIpc) is 2.49. The monoisotopic (exact) mass is 215 g/mol. The maximum Gasteiger partial charge on any atom is 0.332 e. The lowest BCUT2D eigenvalue weighted by Gasteiger charge is -2.38. The minimum atomic E-state index is -1.18. The van der Waals surface area contributed by atoms with Crippen LogP contribution in [-0.2, 0) is 14.3 Å². The van der Waals surface area contributed by atoms with Crippen molar-refractivity contribution in [1.29, 1.82) is 0 Å². The second-order valence-corrected chi connectivity index (χ2v) is 3.76. The molecule has 0 aromatic heterocycles. The average molecular weight is 215 g/mol. The number of rotatable bonds is 3. The first-order chi connectivity index (χ1) is 6.96. The van der Waals surface area contributed by atoms with Crippen molar-refractivity contribution in [3.8, 4) is 0 Å². The van der Waals surface area contributed by atoms with Crippen molar-refractivity contribution < 1.29 is 19.4 Å². The summed E-state index contributed by atoms with van der Waals surface area (Å²) >= 11 is 0. The van der Waals surface area contributed by atoms with Crippen LogP contribution in [0.4, 0.5) is 0 Å². The van der Waals surface area contributed by atoms with Crippen LogP contribution in [0.1, 0.15) is 27.2 Å². The number of carbonyl (C=O) groups excluding carboxylic acids is 1. The smallest absolute Gasteiger partial charge is 0.332 e. The molecule has 0 aromatic rings. The van der Waals surface area contributed by atoms with E-state index >= 15 is 0 Å². The van der Waals surface area contributed by atoms with Gasteiger partial charge in [0.15, 0.2) is 5.54 Å². The Balaban J connectivity index is 3.10. The molecule has 1 fully saturated rings. The summed E-state index contributed by atoms with van der Waals surface area (Å²) in [5, 5.41) is 9.31. The molecule has 5 nitrogen and oxygen atoms in total. The normalized spacial score (nSPS) is 30.2. The van der Waals surface area contributed by atoms with Crippen LogP contribution in [0.25, 0.3) is 0 Å². The molecule has 1 rings (SSSR count). The number of hydrogen-bond donors (Lipinski definition) is 1. The summed E-state index contributed by atoms with van der Waals surface area (Å²) in [5.41, 5.74) is -1.18.